The summed E-state index contributed by atoms with van der Waals surface area (Å²) in [6.45, 7) is 6.90. The number of amides is 3. The molecule has 1 atom stereocenters. The van der Waals surface area contributed by atoms with Crippen molar-refractivity contribution in [3.8, 4) is 0 Å². The van der Waals surface area contributed by atoms with Crippen LogP contribution in [0.15, 0.2) is 4.99 Å². The zero-order valence-corrected chi connectivity index (χ0v) is 12.3. The molecule has 3 aliphatic heterocycles. The van der Waals surface area contributed by atoms with Crippen molar-refractivity contribution in [3.05, 3.63) is 0 Å². The normalized spacial score (nSPS) is 25.8. The number of amidine groups is 1. The number of likely N-dealkylation sites (N-methyl/N-ethyl adjacent to an activating group) is 2. The van der Waals surface area contributed by atoms with Crippen LogP contribution in [-0.4, -0.2) is 82.8 Å². The molecule has 3 aliphatic rings. The van der Waals surface area contributed by atoms with Gasteiger partial charge in [0.05, 0.1) is 19.6 Å². The molecule has 0 radical (unpaired) electrons. The maximum atomic E-state index is 12.4. The Morgan fingerprint density at radius 3 is 2.65 bits per heavy atom. The van der Waals surface area contributed by atoms with Gasteiger partial charge in [-0.3, -0.25) is 19.2 Å². The molecule has 3 amide bonds. The number of fused-ring (bicyclic) bond motifs is 3. The average molecular weight is 278 g/mol. The monoisotopic (exact) mass is 278 g/mol. The zero-order valence-electron chi connectivity index (χ0n) is 12.3. The highest BCUT2D eigenvalue weighted by Gasteiger charge is 2.56. The fraction of sp³-hybridized carbons (Fsp3) is 0.692. The van der Waals surface area contributed by atoms with E-state index in [1.165, 1.54) is 16.8 Å². The second-order valence-electron chi connectivity index (χ2n) is 5.94. The van der Waals surface area contributed by atoms with Crippen LogP contribution >= 0.6 is 0 Å². The highest BCUT2D eigenvalue weighted by Crippen LogP contribution is 2.24. The quantitative estimate of drug-likeness (QED) is 0.648. The summed E-state index contributed by atoms with van der Waals surface area (Å²) < 4.78 is 2.20. The van der Waals surface area contributed by atoms with E-state index in [0.717, 1.165) is 25.6 Å². The van der Waals surface area contributed by atoms with Crippen LogP contribution in [0.3, 0.4) is 0 Å². The van der Waals surface area contributed by atoms with Gasteiger partial charge in [0, 0.05) is 14.1 Å². The molecule has 1 saturated heterocycles. The summed E-state index contributed by atoms with van der Waals surface area (Å²) in [4.78, 5) is 33.6. The number of guanidine groups is 1. The number of urea groups is 1. The van der Waals surface area contributed by atoms with E-state index in [4.69, 9.17) is 0 Å². The van der Waals surface area contributed by atoms with Gasteiger partial charge in [-0.1, -0.05) is 18.8 Å². The van der Waals surface area contributed by atoms with Gasteiger partial charge in [0.2, 0.25) is 11.9 Å². The first-order valence-electron chi connectivity index (χ1n) is 6.94. The van der Waals surface area contributed by atoms with Crippen molar-refractivity contribution in [1.82, 2.24) is 14.7 Å². The van der Waals surface area contributed by atoms with Crippen molar-refractivity contribution in [3.63, 3.8) is 0 Å². The van der Waals surface area contributed by atoms with Crippen molar-refractivity contribution >= 4 is 23.7 Å². The SMILES string of the molecule is CC(C)C[N+]1=C2N=C3C(C(=O)N(C)C(=O)N3C)N2CC1. The summed E-state index contributed by atoms with van der Waals surface area (Å²) in [7, 11) is 3.20. The van der Waals surface area contributed by atoms with E-state index in [-0.39, 0.29) is 11.9 Å². The number of imide groups is 1. The van der Waals surface area contributed by atoms with Gasteiger partial charge in [-0.2, -0.15) is 0 Å². The van der Waals surface area contributed by atoms with Crippen LogP contribution in [0.2, 0.25) is 0 Å². The van der Waals surface area contributed by atoms with E-state index in [0.29, 0.717) is 11.8 Å². The fourth-order valence-electron chi connectivity index (χ4n) is 3.01. The van der Waals surface area contributed by atoms with Gasteiger partial charge in [0.15, 0.2) is 0 Å². The number of rotatable bonds is 2. The van der Waals surface area contributed by atoms with Crippen LogP contribution < -0.4 is 0 Å². The fourth-order valence-corrected chi connectivity index (χ4v) is 3.01. The molecular formula is C13H20N5O2+. The largest absolute Gasteiger partial charge is 0.392 e. The Morgan fingerprint density at radius 1 is 1.30 bits per heavy atom. The summed E-state index contributed by atoms with van der Waals surface area (Å²) in [6, 6.07) is -0.753. The lowest BCUT2D eigenvalue weighted by molar-refractivity contribution is -0.524. The number of hydrogen-bond acceptors (Lipinski definition) is 4. The molecule has 1 unspecified atom stereocenters. The van der Waals surface area contributed by atoms with Crippen molar-refractivity contribution in [2.24, 2.45) is 10.9 Å². The van der Waals surface area contributed by atoms with Gasteiger partial charge in [0.25, 0.3) is 5.91 Å². The predicted molar refractivity (Wildman–Crippen MR) is 73.7 cm³/mol. The third-order valence-electron chi connectivity index (χ3n) is 3.99. The second kappa shape index (κ2) is 4.29. The third kappa shape index (κ3) is 1.65. The predicted octanol–water partition coefficient (Wildman–Crippen LogP) is -0.369. The van der Waals surface area contributed by atoms with Gasteiger partial charge in [-0.25, -0.2) is 9.69 Å². The van der Waals surface area contributed by atoms with Crippen LogP contribution in [0.1, 0.15) is 13.8 Å². The lowest BCUT2D eigenvalue weighted by Gasteiger charge is -2.32. The van der Waals surface area contributed by atoms with Gasteiger partial charge in [0.1, 0.15) is 0 Å². The van der Waals surface area contributed by atoms with E-state index in [2.05, 4.69) is 23.4 Å². The van der Waals surface area contributed by atoms with Gasteiger partial charge in [-0.05, 0) is 5.92 Å². The number of hydrogen-bond donors (Lipinski definition) is 0. The van der Waals surface area contributed by atoms with Crippen LogP contribution in [0.5, 0.6) is 0 Å². The van der Waals surface area contributed by atoms with Crippen LogP contribution in [0.4, 0.5) is 4.79 Å². The molecule has 3 rings (SSSR count). The van der Waals surface area contributed by atoms with Gasteiger partial charge in [-0.15, -0.1) is 0 Å². The molecule has 0 aromatic heterocycles. The first-order valence-corrected chi connectivity index (χ1v) is 6.94. The van der Waals surface area contributed by atoms with Crippen LogP contribution in [-0.2, 0) is 4.79 Å². The summed E-state index contributed by atoms with van der Waals surface area (Å²) in [5.41, 5.74) is 0. The van der Waals surface area contributed by atoms with Crippen molar-refractivity contribution in [2.75, 3.05) is 33.7 Å². The first kappa shape index (κ1) is 13.1. The maximum Gasteiger partial charge on any atom is 0.392 e. The molecule has 0 N–H and O–H groups in total. The molecule has 0 spiro atoms. The second-order valence-corrected chi connectivity index (χ2v) is 5.94. The number of aliphatic imine (C=N–C) groups is 1. The molecule has 3 heterocycles. The molecule has 0 saturated carbocycles. The molecule has 0 aromatic rings. The van der Waals surface area contributed by atoms with Crippen molar-refractivity contribution in [1.29, 1.82) is 0 Å². The third-order valence-corrected chi connectivity index (χ3v) is 3.99. The molecule has 7 nitrogen and oxygen atoms in total. The highest BCUT2D eigenvalue weighted by atomic mass is 16.2. The van der Waals surface area contributed by atoms with E-state index < -0.39 is 6.04 Å². The Kier molecular flexibility index (Phi) is 2.81. The number of carbonyl (C=O) groups is 2. The minimum absolute atomic E-state index is 0.187. The first-order chi connectivity index (χ1) is 9.41. The molecule has 108 valence electrons. The summed E-state index contributed by atoms with van der Waals surface area (Å²) >= 11 is 0. The average Bonchev–Trinajstić information content (AvgIpc) is 2.93. The summed E-state index contributed by atoms with van der Waals surface area (Å²) in [6.07, 6.45) is 0. The minimum atomic E-state index is -0.435. The lowest BCUT2D eigenvalue weighted by atomic mass is 10.1. The standard InChI is InChI=1S/C13H20N5O2/c1-8(2)7-17-5-6-18-9-10(14-12(17)18)15(3)13(20)16(4)11(9)19/h8-9H,5-7H2,1-4H3/q+1. The van der Waals surface area contributed by atoms with E-state index in [9.17, 15) is 9.59 Å². The van der Waals surface area contributed by atoms with Crippen molar-refractivity contribution in [2.45, 2.75) is 19.9 Å². The Labute approximate surface area is 118 Å². The van der Waals surface area contributed by atoms with E-state index in [1.807, 2.05) is 4.90 Å². The van der Waals surface area contributed by atoms with E-state index in [1.54, 1.807) is 7.05 Å². The highest BCUT2D eigenvalue weighted by molar-refractivity contribution is 6.25. The van der Waals surface area contributed by atoms with Gasteiger partial charge >= 0.3 is 12.0 Å². The minimum Gasteiger partial charge on any atom is -0.270 e. The Morgan fingerprint density at radius 2 is 2.00 bits per heavy atom. The Bertz CT molecular complexity index is 551. The van der Waals surface area contributed by atoms with Crippen molar-refractivity contribution < 1.29 is 14.2 Å². The Hall–Kier alpha value is -1.92. The number of nitrogens with zero attached hydrogens (tertiary/aromatic N) is 5. The number of carbonyl (C=O) groups excluding carboxylic acids is 2. The smallest absolute Gasteiger partial charge is 0.270 e. The molecule has 20 heavy (non-hydrogen) atoms. The molecule has 1 fully saturated rings. The molecular weight excluding hydrogens is 258 g/mol. The topological polar surface area (TPSA) is 59.2 Å². The molecule has 7 heteroatoms. The summed E-state index contributed by atoms with van der Waals surface area (Å²) in [5, 5.41) is 0. The summed E-state index contributed by atoms with van der Waals surface area (Å²) in [5.74, 6) is 1.74. The van der Waals surface area contributed by atoms with Crippen LogP contribution in [0.25, 0.3) is 0 Å². The molecule has 0 aromatic carbocycles. The molecule has 0 bridgehead atoms. The maximum absolute atomic E-state index is 12.4. The lowest BCUT2D eigenvalue weighted by Crippen LogP contribution is -2.62. The zero-order chi connectivity index (χ0) is 14.6. The van der Waals surface area contributed by atoms with Crippen LogP contribution in [0, 0.1) is 5.92 Å². The molecule has 0 aliphatic carbocycles. The van der Waals surface area contributed by atoms with Gasteiger partial charge < -0.3 is 0 Å². The van der Waals surface area contributed by atoms with E-state index >= 15 is 0 Å². The Balaban J connectivity index is 2.01.